The van der Waals surface area contributed by atoms with Crippen molar-refractivity contribution in [2.24, 2.45) is 16.8 Å². The second kappa shape index (κ2) is 6.37. The molecule has 0 radical (unpaired) electrons. The maximum atomic E-state index is 6.27. The molecule has 130 valence electrons. The summed E-state index contributed by atoms with van der Waals surface area (Å²) in [4.78, 5) is 8.02. The topological polar surface area (TPSA) is 54.5 Å². The smallest absolute Gasteiger partial charge is 0.205 e. The van der Waals surface area contributed by atoms with Gasteiger partial charge < -0.3 is 10.6 Å². The van der Waals surface area contributed by atoms with Gasteiger partial charge in [-0.05, 0) is 29.9 Å². The van der Waals surface area contributed by atoms with E-state index in [-0.39, 0.29) is 6.04 Å². The zero-order chi connectivity index (χ0) is 17.4. The average Bonchev–Trinajstić information content (AvgIpc) is 3.24. The highest BCUT2D eigenvalue weighted by Gasteiger charge is 2.35. The Morgan fingerprint density at radius 2 is 2.20 bits per heavy atom. The molecule has 4 rings (SSSR count). The van der Waals surface area contributed by atoms with E-state index in [1.54, 1.807) is 11.3 Å². The van der Waals surface area contributed by atoms with E-state index in [2.05, 4.69) is 53.6 Å². The fourth-order valence-corrected chi connectivity index (χ4v) is 4.52. The van der Waals surface area contributed by atoms with Crippen molar-refractivity contribution in [2.45, 2.75) is 19.4 Å². The van der Waals surface area contributed by atoms with Crippen LogP contribution < -0.4 is 15.2 Å². The summed E-state index contributed by atoms with van der Waals surface area (Å²) in [6, 6.07) is 6.52. The zero-order valence-electron chi connectivity index (χ0n) is 14.7. The number of anilines is 1. The Balaban J connectivity index is 1.71. The number of aromatic nitrogens is 1. The summed E-state index contributed by atoms with van der Waals surface area (Å²) in [6.07, 6.45) is 9.04. The summed E-state index contributed by atoms with van der Waals surface area (Å²) in [5.74, 6) is 0.592. The van der Waals surface area contributed by atoms with Gasteiger partial charge in [-0.25, -0.2) is 0 Å². The summed E-state index contributed by atoms with van der Waals surface area (Å²) in [7, 11) is 2.10. The lowest BCUT2D eigenvalue weighted by Gasteiger charge is -2.37. The number of rotatable bonds is 3. The molecule has 2 aromatic heterocycles. The summed E-state index contributed by atoms with van der Waals surface area (Å²) in [5, 5.41) is 6.89. The Hall–Kier alpha value is -2.02. The molecule has 0 aliphatic carbocycles. The van der Waals surface area contributed by atoms with Crippen LogP contribution in [-0.4, -0.2) is 37.4 Å². The van der Waals surface area contributed by atoms with Gasteiger partial charge in [-0.3, -0.25) is 4.98 Å². The maximum Gasteiger partial charge on any atom is 0.205 e. The van der Waals surface area contributed by atoms with Crippen LogP contribution in [0.15, 0.2) is 47.3 Å². The minimum absolute atomic E-state index is 0.217. The second-order valence-electron chi connectivity index (χ2n) is 7.20. The minimum atomic E-state index is 0.217. The predicted octanol–water partition coefficient (Wildman–Crippen LogP) is 3.29. The lowest BCUT2D eigenvalue weighted by molar-refractivity contribution is 0.398. The lowest BCUT2D eigenvalue weighted by atomic mass is 9.96. The van der Waals surface area contributed by atoms with Crippen LogP contribution >= 0.6 is 11.3 Å². The molecule has 2 aromatic rings. The number of hydrogen-bond acceptors (Lipinski definition) is 5. The van der Waals surface area contributed by atoms with E-state index in [9.17, 15) is 0 Å². The van der Waals surface area contributed by atoms with Gasteiger partial charge in [0.15, 0.2) is 0 Å². The third kappa shape index (κ3) is 3.13. The molecule has 4 heterocycles. The van der Waals surface area contributed by atoms with Crippen LogP contribution in [0.1, 0.15) is 18.2 Å². The van der Waals surface area contributed by atoms with Crippen molar-refractivity contribution in [3.05, 3.63) is 47.0 Å². The first-order chi connectivity index (χ1) is 12.0. The van der Waals surface area contributed by atoms with E-state index in [0.717, 1.165) is 30.8 Å². The normalized spacial score (nSPS) is 29.1. The molecule has 0 aromatic carbocycles. The van der Waals surface area contributed by atoms with E-state index in [0.29, 0.717) is 10.5 Å². The van der Waals surface area contributed by atoms with Crippen LogP contribution in [0.2, 0.25) is 0 Å². The number of pyridine rings is 1. The Kier molecular flexibility index (Phi) is 4.19. The Morgan fingerprint density at radius 1 is 1.32 bits per heavy atom. The standard InChI is InChI=1S/C19H24N5S/c1-14-8-16(20)12-23(11-14)17-5-6-21-10-18(17)24(2)13-15(9-22-24)19-4-3-7-25-19/h3-7,9-10,13-14,16H,8,11-12,20H2,1-2H3/q+1. The molecule has 2 aliphatic heterocycles. The first-order valence-electron chi connectivity index (χ1n) is 8.69. The highest BCUT2D eigenvalue weighted by Crippen LogP contribution is 2.38. The van der Waals surface area contributed by atoms with Gasteiger partial charge in [0, 0.05) is 30.2 Å². The van der Waals surface area contributed by atoms with Crippen molar-refractivity contribution < 1.29 is 0 Å². The number of thiophene rings is 1. The maximum absolute atomic E-state index is 6.27. The fraction of sp³-hybridized carbons (Fsp3) is 0.368. The van der Waals surface area contributed by atoms with Gasteiger partial charge in [0.25, 0.3) is 0 Å². The second-order valence-corrected chi connectivity index (χ2v) is 8.15. The van der Waals surface area contributed by atoms with Gasteiger partial charge in [0.1, 0.15) is 18.9 Å². The third-order valence-electron chi connectivity index (χ3n) is 4.93. The molecule has 2 N–H and O–H groups in total. The molecule has 2 aliphatic rings. The number of allylic oxidation sites excluding steroid dienone is 1. The van der Waals surface area contributed by atoms with Crippen LogP contribution in [-0.2, 0) is 0 Å². The van der Waals surface area contributed by atoms with E-state index >= 15 is 0 Å². The molecule has 0 spiro atoms. The highest BCUT2D eigenvalue weighted by molar-refractivity contribution is 7.11. The van der Waals surface area contributed by atoms with Crippen LogP contribution in [0, 0.1) is 5.92 Å². The molecule has 1 fully saturated rings. The van der Waals surface area contributed by atoms with Gasteiger partial charge in [0.05, 0.1) is 18.0 Å². The zero-order valence-corrected chi connectivity index (χ0v) is 15.5. The molecule has 0 amide bonds. The van der Waals surface area contributed by atoms with Crippen molar-refractivity contribution in [3.63, 3.8) is 0 Å². The van der Waals surface area contributed by atoms with Crippen molar-refractivity contribution in [1.82, 2.24) is 9.58 Å². The highest BCUT2D eigenvalue weighted by atomic mass is 32.1. The van der Waals surface area contributed by atoms with E-state index < -0.39 is 0 Å². The Labute approximate surface area is 152 Å². The monoisotopic (exact) mass is 354 g/mol. The van der Waals surface area contributed by atoms with Crippen LogP contribution in [0.3, 0.4) is 0 Å². The molecule has 6 heteroatoms. The molecule has 0 bridgehead atoms. The Morgan fingerprint density at radius 3 is 2.96 bits per heavy atom. The van der Waals surface area contributed by atoms with E-state index in [4.69, 9.17) is 10.8 Å². The Bertz CT molecular complexity index is 803. The van der Waals surface area contributed by atoms with Gasteiger partial charge in [0.2, 0.25) is 5.69 Å². The number of nitrogens with two attached hydrogens (primary N) is 1. The summed E-state index contributed by atoms with van der Waals surface area (Å²) in [5.41, 5.74) is 9.71. The van der Waals surface area contributed by atoms with Crippen molar-refractivity contribution >= 4 is 34.5 Å². The van der Waals surface area contributed by atoms with Gasteiger partial charge in [-0.2, -0.15) is 0 Å². The van der Waals surface area contributed by atoms with Crippen molar-refractivity contribution in [1.29, 1.82) is 0 Å². The van der Waals surface area contributed by atoms with E-state index in [1.165, 1.54) is 10.6 Å². The molecule has 1 saturated heterocycles. The molecule has 25 heavy (non-hydrogen) atoms. The molecule has 3 atom stereocenters. The molecular formula is C19H24N5S+. The van der Waals surface area contributed by atoms with Gasteiger partial charge in [-0.15, -0.1) is 15.9 Å². The quantitative estimate of drug-likeness (QED) is 0.861. The van der Waals surface area contributed by atoms with Crippen molar-refractivity contribution in [2.75, 3.05) is 25.0 Å². The minimum Gasteiger partial charge on any atom is -0.365 e. The number of piperidine rings is 1. The van der Waals surface area contributed by atoms with Gasteiger partial charge in [-0.1, -0.05) is 18.1 Å². The SMILES string of the molecule is CC1CC(N)CN(c2ccncc2[N+]2(C)C=C(c3cccs3)C=N2)C1. The average molecular weight is 355 g/mol. The fourth-order valence-electron chi connectivity index (χ4n) is 3.81. The first kappa shape index (κ1) is 16.4. The summed E-state index contributed by atoms with van der Waals surface area (Å²) < 4.78 is 0.385. The summed E-state index contributed by atoms with van der Waals surface area (Å²) in [6.45, 7) is 4.18. The first-order valence-corrected chi connectivity index (χ1v) is 9.57. The molecule has 5 nitrogen and oxygen atoms in total. The third-order valence-corrected chi connectivity index (χ3v) is 5.85. The number of hydrogen-bond donors (Lipinski definition) is 1. The van der Waals surface area contributed by atoms with E-state index in [1.807, 2.05) is 18.6 Å². The number of nitrogens with zero attached hydrogens (tertiary/aromatic N) is 4. The van der Waals surface area contributed by atoms with Crippen molar-refractivity contribution in [3.8, 4) is 0 Å². The predicted molar refractivity (Wildman–Crippen MR) is 107 cm³/mol. The van der Waals surface area contributed by atoms with Crippen LogP contribution in [0.5, 0.6) is 0 Å². The molecule has 0 saturated carbocycles. The van der Waals surface area contributed by atoms with Gasteiger partial charge >= 0.3 is 0 Å². The lowest BCUT2D eigenvalue weighted by Crippen LogP contribution is -2.47. The summed E-state index contributed by atoms with van der Waals surface area (Å²) >= 11 is 1.74. The largest absolute Gasteiger partial charge is 0.365 e. The number of quaternary nitrogens is 1. The molecular weight excluding hydrogens is 330 g/mol. The van der Waals surface area contributed by atoms with Crippen LogP contribution in [0.25, 0.3) is 5.57 Å². The van der Waals surface area contributed by atoms with Crippen LogP contribution in [0.4, 0.5) is 11.4 Å². The molecule has 3 unspecified atom stereocenters.